The Labute approximate surface area is 73.2 Å². The normalized spacial score (nSPS) is 12.8. The van der Waals surface area contributed by atoms with Crippen molar-refractivity contribution < 1.29 is 9.53 Å². The molecule has 0 aliphatic rings. The maximum Gasteiger partial charge on any atom is 0.308 e. The Morgan fingerprint density at radius 2 is 1.92 bits per heavy atom. The lowest BCUT2D eigenvalue weighted by molar-refractivity contribution is -0.136. The molecule has 0 aliphatic carbocycles. The van der Waals surface area contributed by atoms with E-state index in [0.717, 1.165) is 0 Å². The molecule has 0 amide bonds. The molecule has 0 aromatic rings. The van der Waals surface area contributed by atoms with Gasteiger partial charge in [0.2, 0.25) is 0 Å². The molecule has 2 nitrogen and oxygen atoms in total. The molecular formula is C10H14O2. The van der Waals surface area contributed by atoms with Gasteiger partial charge in [-0.15, -0.1) is 0 Å². The summed E-state index contributed by atoms with van der Waals surface area (Å²) in [5.74, 6) is 0.256. The average molecular weight is 166 g/mol. The molecule has 0 spiro atoms. The van der Waals surface area contributed by atoms with Crippen LogP contribution in [0, 0.1) is 0 Å². The summed E-state index contributed by atoms with van der Waals surface area (Å²) in [6.45, 7) is 5.15. The van der Waals surface area contributed by atoms with Gasteiger partial charge in [0.05, 0.1) is 0 Å². The Morgan fingerprint density at radius 3 is 2.33 bits per heavy atom. The molecule has 0 saturated carbocycles. The zero-order valence-corrected chi connectivity index (χ0v) is 7.70. The van der Waals surface area contributed by atoms with E-state index < -0.39 is 0 Å². The molecule has 0 heterocycles. The zero-order valence-electron chi connectivity index (χ0n) is 7.70. The van der Waals surface area contributed by atoms with Gasteiger partial charge in [-0.1, -0.05) is 18.2 Å². The highest BCUT2D eigenvalue weighted by molar-refractivity contribution is 5.67. The van der Waals surface area contributed by atoms with Crippen LogP contribution in [0.5, 0.6) is 0 Å². The second-order valence-electron chi connectivity index (χ2n) is 2.19. The Hall–Kier alpha value is -1.31. The zero-order chi connectivity index (χ0) is 9.40. The third kappa shape index (κ3) is 5.47. The number of carbonyl (C=O) groups is 1. The fourth-order valence-corrected chi connectivity index (χ4v) is 0.645. The van der Waals surface area contributed by atoms with Gasteiger partial charge >= 0.3 is 5.97 Å². The van der Waals surface area contributed by atoms with Crippen LogP contribution >= 0.6 is 0 Å². The summed E-state index contributed by atoms with van der Waals surface area (Å²) in [6.07, 6.45) is 8.98. The second-order valence-corrected chi connectivity index (χ2v) is 2.19. The number of hydrogen-bond acceptors (Lipinski definition) is 2. The quantitative estimate of drug-likeness (QED) is 0.366. The van der Waals surface area contributed by atoms with Crippen molar-refractivity contribution in [2.24, 2.45) is 0 Å². The minimum Gasteiger partial charge on any atom is -0.427 e. The average Bonchev–Trinajstić information content (AvgIpc) is 2.00. The van der Waals surface area contributed by atoms with Gasteiger partial charge in [-0.25, -0.2) is 0 Å². The van der Waals surface area contributed by atoms with Crippen LogP contribution in [0.3, 0.4) is 0 Å². The van der Waals surface area contributed by atoms with Gasteiger partial charge in [0, 0.05) is 6.92 Å². The monoisotopic (exact) mass is 166 g/mol. The van der Waals surface area contributed by atoms with Crippen molar-refractivity contribution in [2.75, 3.05) is 0 Å². The van der Waals surface area contributed by atoms with Gasteiger partial charge in [0.15, 0.2) is 0 Å². The fourth-order valence-electron chi connectivity index (χ4n) is 0.645. The predicted octanol–water partition coefficient (Wildman–Crippen LogP) is 2.59. The van der Waals surface area contributed by atoms with E-state index in [4.69, 9.17) is 4.74 Å². The largest absolute Gasteiger partial charge is 0.427 e. The van der Waals surface area contributed by atoms with Crippen molar-refractivity contribution in [3.8, 4) is 0 Å². The fraction of sp³-hybridized carbons (Fsp3) is 0.300. The molecule has 0 saturated heterocycles. The molecular weight excluding hydrogens is 152 g/mol. The molecule has 0 fully saturated rings. The van der Waals surface area contributed by atoms with Gasteiger partial charge in [-0.2, -0.15) is 0 Å². The van der Waals surface area contributed by atoms with Crippen LogP contribution in [-0.2, 0) is 9.53 Å². The molecule has 0 bridgehead atoms. The van der Waals surface area contributed by atoms with E-state index in [1.165, 1.54) is 6.92 Å². The highest BCUT2D eigenvalue weighted by Crippen LogP contribution is 2.00. The third-order valence-electron chi connectivity index (χ3n) is 1.05. The topological polar surface area (TPSA) is 26.3 Å². The maximum atomic E-state index is 10.6. The van der Waals surface area contributed by atoms with E-state index in [1.54, 1.807) is 12.2 Å². The summed E-state index contributed by atoms with van der Waals surface area (Å²) in [6, 6.07) is 0. The molecule has 0 atom stereocenters. The molecule has 0 rings (SSSR count). The molecule has 66 valence electrons. The Bertz CT molecular complexity index is 222. The van der Waals surface area contributed by atoms with Gasteiger partial charge in [-0.05, 0) is 26.0 Å². The van der Waals surface area contributed by atoms with E-state index in [2.05, 4.69) is 0 Å². The number of carbonyl (C=O) groups excluding carboxylic acids is 1. The van der Waals surface area contributed by atoms with Crippen molar-refractivity contribution in [2.45, 2.75) is 20.8 Å². The van der Waals surface area contributed by atoms with E-state index >= 15 is 0 Å². The molecule has 0 radical (unpaired) electrons. The number of rotatable bonds is 3. The van der Waals surface area contributed by atoms with Crippen LogP contribution in [0.25, 0.3) is 0 Å². The first kappa shape index (κ1) is 10.7. The SMILES string of the molecule is C\C=C/C=C(\C=C/C)OC(C)=O. The predicted molar refractivity (Wildman–Crippen MR) is 49.5 cm³/mol. The number of allylic oxidation sites excluding steroid dienone is 5. The molecule has 2 heteroatoms. The van der Waals surface area contributed by atoms with Crippen molar-refractivity contribution in [3.63, 3.8) is 0 Å². The smallest absolute Gasteiger partial charge is 0.308 e. The van der Waals surface area contributed by atoms with Crippen molar-refractivity contribution in [3.05, 3.63) is 36.1 Å². The van der Waals surface area contributed by atoms with E-state index in [-0.39, 0.29) is 5.97 Å². The number of hydrogen-bond donors (Lipinski definition) is 0. The van der Waals surface area contributed by atoms with Crippen LogP contribution in [-0.4, -0.2) is 5.97 Å². The Kier molecular flexibility index (Phi) is 5.70. The van der Waals surface area contributed by atoms with Crippen LogP contribution in [0.4, 0.5) is 0 Å². The number of esters is 1. The maximum absolute atomic E-state index is 10.6. The minimum absolute atomic E-state index is 0.302. The van der Waals surface area contributed by atoms with Crippen LogP contribution < -0.4 is 0 Å². The first-order chi connectivity index (χ1) is 5.70. The molecule has 0 aromatic heterocycles. The van der Waals surface area contributed by atoms with Gasteiger partial charge in [-0.3, -0.25) is 4.79 Å². The summed E-state index contributed by atoms with van der Waals surface area (Å²) in [5.41, 5.74) is 0. The van der Waals surface area contributed by atoms with Gasteiger partial charge < -0.3 is 4.74 Å². The Morgan fingerprint density at radius 1 is 1.25 bits per heavy atom. The van der Waals surface area contributed by atoms with Crippen molar-refractivity contribution in [1.82, 2.24) is 0 Å². The standard InChI is InChI=1S/C10H14O2/c1-4-6-8-10(7-5-2)12-9(3)11/h4-8H,1-3H3/b6-4-,7-5-,10-8+. The summed E-state index contributed by atoms with van der Waals surface area (Å²) < 4.78 is 4.88. The lowest BCUT2D eigenvalue weighted by atomic mass is 10.3. The van der Waals surface area contributed by atoms with Crippen LogP contribution in [0.1, 0.15) is 20.8 Å². The van der Waals surface area contributed by atoms with Crippen molar-refractivity contribution >= 4 is 5.97 Å². The van der Waals surface area contributed by atoms with Crippen molar-refractivity contribution in [1.29, 1.82) is 0 Å². The van der Waals surface area contributed by atoms with E-state index in [1.807, 2.05) is 32.1 Å². The molecule has 0 aromatic carbocycles. The number of ether oxygens (including phenoxy) is 1. The second kappa shape index (κ2) is 6.40. The lowest BCUT2D eigenvalue weighted by Crippen LogP contribution is -1.96. The molecule has 0 N–H and O–H groups in total. The molecule has 12 heavy (non-hydrogen) atoms. The Balaban J connectivity index is 4.32. The first-order valence-electron chi connectivity index (χ1n) is 3.84. The third-order valence-corrected chi connectivity index (χ3v) is 1.05. The first-order valence-corrected chi connectivity index (χ1v) is 3.84. The lowest BCUT2D eigenvalue weighted by Gasteiger charge is -1.98. The molecule has 0 unspecified atom stereocenters. The highest BCUT2D eigenvalue weighted by atomic mass is 16.5. The van der Waals surface area contributed by atoms with Crippen LogP contribution in [0.15, 0.2) is 36.1 Å². The summed E-state index contributed by atoms with van der Waals surface area (Å²) in [7, 11) is 0. The summed E-state index contributed by atoms with van der Waals surface area (Å²) in [5, 5.41) is 0. The highest BCUT2D eigenvalue weighted by Gasteiger charge is 1.94. The van der Waals surface area contributed by atoms with E-state index in [0.29, 0.717) is 5.76 Å². The van der Waals surface area contributed by atoms with Gasteiger partial charge in [0.1, 0.15) is 5.76 Å². The van der Waals surface area contributed by atoms with E-state index in [9.17, 15) is 4.79 Å². The summed E-state index contributed by atoms with van der Waals surface area (Å²) >= 11 is 0. The van der Waals surface area contributed by atoms with Crippen LogP contribution in [0.2, 0.25) is 0 Å². The van der Waals surface area contributed by atoms with Gasteiger partial charge in [0.25, 0.3) is 0 Å². The minimum atomic E-state index is -0.302. The molecule has 0 aliphatic heterocycles. The summed E-state index contributed by atoms with van der Waals surface area (Å²) in [4.78, 5) is 10.6.